The Morgan fingerprint density at radius 1 is 1.42 bits per heavy atom. The van der Waals surface area contributed by atoms with Crippen molar-refractivity contribution in [2.45, 2.75) is 13.0 Å². The third kappa shape index (κ3) is 2.60. The van der Waals surface area contributed by atoms with Crippen molar-refractivity contribution in [1.82, 2.24) is 14.8 Å². The number of nitriles is 1. The maximum atomic E-state index is 12.2. The lowest BCUT2D eigenvalue weighted by atomic mass is 10.1. The summed E-state index contributed by atoms with van der Waals surface area (Å²) in [6.07, 6.45) is 1.38. The van der Waals surface area contributed by atoms with Crippen molar-refractivity contribution in [3.8, 4) is 11.8 Å². The molecule has 19 heavy (non-hydrogen) atoms. The van der Waals surface area contributed by atoms with Crippen LogP contribution in [0, 0.1) is 11.3 Å². The number of aromatic nitrogens is 3. The van der Waals surface area contributed by atoms with Crippen molar-refractivity contribution in [2.24, 2.45) is 0 Å². The fourth-order valence-corrected chi connectivity index (χ4v) is 1.63. The minimum atomic E-state index is -0.511. The maximum absolute atomic E-state index is 12.2. The Morgan fingerprint density at radius 3 is 2.63 bits per heavy atom. The summed E-state index contributed by atoms with van der Waals surface area (Å²) in [4.78, 5) is 16.0. The largest absolute Gasteiger partial charge is 0.497 e. The number of carbonyl (C=O) groups excluding carboxylic acids is 1. The maximum Gasteiger partial charge on any atom is 0.252 e. The molecule has 1 aromatic carbocycles. The molecule has 0 aliphatic heterocycles. The summed E-state index contributed by atoms with van der Waals surface area (Å²) in [5.74, 6) is 0.642. The topological polar surface area (TPSA) is 80.8 Å². The zero-order valence-electron chi connectivity index (χ0n) is 10.6. The van der Waals surface area contributed by atoms with E-state index >= 15 is 0 Å². The Kier molecular flexibility index (Phi) is 3.57. The summed E-state index contributed by atoms with van der Waals surface area (Å²) in [5, 5.41) is 12.6. The lowest BCUT2D eigenvalue weighted by molar-refractivity contribution is 0.0928. The van der Waals surface area contributed by atoms with Crippen LogP contribution in [0.1, 0.15) is 29.1 Å². The first-order valence-electron chi connectivity index (χ1n) is 5.65. The summed E-state index contributed by atoms with van der Waals surface area (Å²) in [7, 11) is 1.57. The molecule has 0 saturated carbocycles. The summed E-state index contributed by atoms with van der Waals surface area (Å²) >= 11 is 0. The van der Waals surface area contributed by atoms with E-state index in [-0.39, 0.29) is 11.6 Å². The summed E-state index contributed by atoms with van der Waals surface area (Å²) in [6, 6.07) is 8.15. The average Bonchev–Trinajstić information content (AvgIpc) is 2.94. The van der Waals surface area contributed by atoms with Gasteiger partial charge in [0.05, 0.1) is 7.11 Å². The van der Waals surface area contributed by atoms with Crippen molar-refractivity contribution >= 4 is 5.78 Å². The molecular formula is C13H12N4O2. The van der Waals surface area contributed by atoms with E-state index < -0.39 is 6.04 Å². The molecular weight excluding hydrogens is 244 g/mol. The second-order valence-corrected chi connectivity index (χ2v) is 3.93. The fraction of sp³-hybridized carbons (Fsp3) is 0.231. The Bertz CT molecular complexity index is 625. The Balaban J connectivity index is 2.20. The molecule has 1 atom stereocenters. The highest BCUT2D eigenvalue weighted by Gasteiger charge is 2.18. The standard InChI is InChI=1S/C13H12N4O2/c1-9(17-8-15-12(7-14)16-17)13(18)10-3-5-11(19-2)6-4-10/h3-6,8-9H,1-2H3. The normalized spacial score (nSPS) is 11.6. The van der Waals surface area contributed by atoms with Crippen molar-refractivity contribution < 1.29 is 9.53 Å². The molecule has 1 heterocycles. The lowest BCUT2D eigenvalue weighted by Crippen LogP contribution is -2.17. The Labute approximate surface area is 110 Å². The highest BCUT2D eigenvalue weighted by atomic mass is 16.5. The predicted molar refractivity (Wildman–Crippen MR) is 66.8 cm³/mol. The second-order valence-electron chi connectivity index (χ2n) is 3.93. The number of nitrogens with zero attached hydrogens (tertiary/aromatic N) is 4. The van der Waals surface area contributed by atoms with Crippen molar-refractivity contribution in [3.05, 3.63) is 42.0 Å². The van der Waals surface area contributed by atoms with Crippen LogP contribution < -0.4 is 4.74 Å². The van der Waals surface area contributed by atoms with E-state index in [1.165, 1.54) is 11.0 Å². The van der Waals surface area contributed by atoms with Crippen LogP contribution in [0.4, 0.5) is 0 Å². The van der Waals surface area contributed by atoms with E-state index in [2.05, 4.69) is 10.1 Å². The third-order valence-electron chi connectivity index (χ3n) is 2.76. The van der Waals surface area contributed by atoms with Crippen LogP contribution in [0.3, 0.4) is 0 Å². The van der Waals surface area contributed by atoms with Gasteiger partial charge in [-0.25, -0.2) is 9.67 Å². The fourth-order valence-electron chi connectivity index (χ4n) is 1.63. The second kappa shape index (κ2) is 5.31. The first-order valence-corrected chi connectivity index (χ1v) is 5.65. The van der Waals surface area contributed by atoms with E-state index in [0.717, 1.165) is 0 Å². The molecule has 0 bridgehead atoms. The van der Waals surface area contributed by atoms with E-state index in [4.69, 9.17) is 10.00 Å². The molecule has 2 aromatic rings. The number of hydrogen-bond acceptors (Lipinski definition) is 5. The smallest absolute Gasteiger partial charge is 0.252 e. The van der Waals surface area contributed by atoms with Crippen LogP contribution in [0.15, 0.2) is 30.6 Å². The average molecular weight is 256 g/mol. The monoisotopic (exact) mass is 256 g/mol. The first kappa shape index (κ1) is 12.8. The Morgan fingerprint density at radius 2 is 2.11 bits per heavy atom. The number of methoxy groups -OCH3 is 1. The number of benzene rings is 1. The summed E-state index contributed by atoms with van der Waals surface area (Å²) < 4.78 is 6.42. The van der Waals surface area contributed by atoms with Crippen LogP contribution in [0.25, 0.3) is 0 Å². The van der Waals surface area contributed by atoms with Gasteiger partial charge in [-0.3, -0.25) is 4.79 Å². The van der Waals surface area contributed by atoms with Crippen molar-refractivity contribution in [1.29, 1.82) is 5.26 Å². The SMILES string of the molecule is COc1ccc(C(=O)C(C)n2cnc(C#N)n2)cc1. The van der Waals surface area contributed by atoms with Gasteiger partial charge in [-0.1, -0.05) is 0 Å². The number of ether oxygens (including phenoxy) is 1. The van der Waals surface area contributed by atoms with Gasteiger partial charge >= 0.3 is 0 Å². The van der Waals surface area contributed by atoms with Crippen LogP contribution in [-0.4, -0.2) is 27.7 Å². The quantitative estimate of drug-likeness (QED) is 0.776. The molecule has 6 nitrogen and oxygen atoms in total. The zero-order chi connectivity index (χ0) is 13.8. The minimum absolute atomic E-state index is 0.0504. The van der Waals surface area contributed by atoms with Gasteiger partial charge in [-0.05, 0) is 31.2 Å². The summed E-state index contributed by atoms with van der Waals surface area (Å²) in [6.45, 7) is 1.71. The molecule has 0 spiro atoms. The molecule has 0 amide bonds. The molecule has 96 valence electrons. The molecule has 0 radical (unpaired) electrons. The van der Waals surface area contributed by atoms with Gasteiger partial charge in [0.1, 0.15) is 24.2 Å². The van der Waals surface area contributed by atoms with Crippen molar-refractivity contribution in [2.75, 3.05) is 7.11 Å². The van der Waals surface area contributed by atoms with Crippen LogP contribution in [-0.2, 0) is 0 Å². The number of carbonyl (C=O) groups is 1. The van der Waals surface area contributed by atoms with E-state index in [1.807, 2.05) is 6.07 Å². The van der Waals surface area contributed by atoms with Gasteiger partial charge in [0.15, 0.2) is 5.78 Å². The first-order chi connectivity index (χ1) is 9.15. The Hall–Kier alpha value is -2.68. The van der Waals surface area contributed by atoms with Gasteiger partial charge in [0.2, 0.25) is 0 Å². The third-order valence-corrected chi connectivity index (χ3v) is 2.76. The molecule has 0 aliphatic carbocycles. The lowest BCUT2D eigenvalue weighted by Gasteiger charge is -2.10. The molecule has 1 aromatic heterocycles. The van der Waals surface area contributed by atoms with Gasteiger partial charge < -0.3 is 4.74 Å². The van der Waals surface area contributed by atoms with Gasteiger partial charge in [-0.2, -0.15) is 5.26 Å². The number of ketones is 1. The molecule has 0 N–H and O–H groups in total. The molecule has 6 heteroatoms. The molecule has 2 rings (SSSR count). The number of Topliss-reactive ketones (excluding diaryl/α,β-unsaturated/α-hetero) is 1. The minimum Gasteiger partial charge on any atom is -0.497 e. The van der Waals surface area contributed by atoms with E-state index in [0.29, 0.717) is 11.3 Å². The highest BCUT2D eigenvalue weighted by Crippen LogP contribution is 2.16. The van der Waals surface area contributed by atoms with Crippen molar-refractivity contribution in [3.63, 3.8) is 0 Å². The molecule has 0 fully saturated rings. The molecule has 0 aliphatic rings. The zero-order valence-corrected chi connectivity index (χ0v) is 10.6. The molecule has 1 unspecified atom stereocenters. The number of hydrogen-bond donors (Lipinski definition) is 0. The predicted octanol–water partition coefficient (Wildman–Crippen LogP) is 1.60. The van der Waals surface area contributed by atoms with Crippen LogP contribution in [0.5, 0.6) is 5.75 Å². The van der Waals surface area contributed by atoms with E-state index in [9.17, 15) is 4.79 Å². The van der Waals surface area contributed by atoms with Gasteiger partial charge in [-0.15, -0.1) is 5.10 Å². The van der Waals surface area contributed by atoms with Crippen LogP contribution >= 0.6 is 0 Å². The molecule has 0 saturated heterocycles. The number of rotatable bonds is 4. The van der Waals surface area contributed by atoms with Gasteiger partial charge in [0, 0.05) is 5.56 Å². The summed E-state index contributed by atoms with van der Waals surface area (Å²) in [5.41, 5.74) is 0.558. The highest BCUT2D eigenvalue weighted by molar-refractivity contribution is 5.98. The van der Waals surface area contributed by atoms with E-state index in [1.54, 1.807) is 38.3 Å². The van der Waals surface area contributed by atoms with Crippen LogP contribution in [0.2, 0.25) is 0 Å². The van der Waals surface area contributed by atoms with Gasteiger partial charge in [0.25, 0.3) is 5.82 Å².